The van der Waals surface area contributed by atoms with Gasteiger partial charge in [0, 0.05) is 27.5 Å². The van der Waals surface area contributed by atoms with E-state index in [1.54, 1.807) is 22.9 Å². The molecule has 0 bridgehead atoms. The molecule has 0 saturated heterocycles. The van der Waals surface area contributed by atoms with Crippen LogP contribution in [0.25, 0.3) is 10.8 Å². The zero-order chi connectivity index (χ0) is 14.9. The second-order valence-electron chi connectivity index (χ2n) is 4.50. The van der Waals surface area contributed by atoms with Crippen LogP contribution in [0.4, 0.5) is 0 Å². The fourth-order valence-electron chi connectivity index (χ4n) is 1.94. The summed E-state index contributed by atoms with van der Waals surface area (Å²) in [5, 5.41) is 2.07. The zero-order valence-electron chi connectivity index (χ0n) is 11.0. The van der Waals surface area contributed by atoms with Crippen LogP contribution in [0.2, 0.25) is 5.02 Å². The summed E-state index contributed by atoms with van der Waals surface area (Å²) in [4.78, 5) is 23.3. The molecule has 0 unspecified atom stereocenters. The molecule has 0 aliphatic carbocycles. The quantitative estimate of drug-likeness (QED) is 0.581. The maximum atomic E-state index is 12.5. The van der Waals surface area contributed by atoms with Gasteiger partial charge in [0.2, 0.25) is 0 Å². The van der Waals surface area contributed by atoms with E-state index in [1.807, 2.05) is 13.0 Å². The summed E-state index contributed by atoms with van der Waals surface area (Å²) in [6.45, 7) is 3.35. The minimum atomic E-state index is -0.355. The standard InChI is InChI=1S/C14H13ClINO3/c1-8(7-20-9(2)18)17-6-5-10-11(14(17)19)3-4-12(15)13(10)16/h3-6,8H,7H2,1-2H3/t8-/m1/s1. The largest absolute Gasteiger partial charge is 0.464 e. The highest BCUT2D eigenvalue weighted by Gasteiger charge is 2.12. The summed E-state index contributed by atoms with van der Waals surface area (Å²) in [7, 11) is 0. The summed E-state index contributed by atoms with van der Waals surface area (Å²) in [6, 6.07) is 5.07. The smallest absolute Gasteiger partial charge is 0.302 e. The Labute approximate surface area is 134 Å². The van der Waals surface area contributed by atoms with Crippen molar-refractivity contribution in [1.82, 2.24) is 4.57 Å². The summed E-state index contributed by atoms with van der Waals surface area (Å²) < 4.78 is 7.37. The van der Waals surface area contributed by atoms with Crippen LogP contribution in [-0.2, 0) is 9.53 Å². The highest BCUT2D eigenvalue weighted by atomic mass is 127. The van der Waals surface area contributed by atoms with Gasteiger partial charge in [0.25, 0.3) is 5.56 Å². The first-order chi connectivity index (χ1) is 9.41. The topological polar surface area (TPSA) is 48.3 Å². The molecule has 0 amide bonds. The number of benzene rings is 1. The third-order valence-electron chi connectivity index (χ3n) is 3.00. The monoisotopic (exact) mass is 405 g/mol. The molecule has 0 aliphatic heterocycles. The van der Waals surface area contributed by atoms with Crippen molar-refractivity contribution in [2.45, 2.75) is 19.9 Å². The maximum Gasteiger partial charge on any atom is 0.302 e. The Kier molecular flexibility index (Phi) is 4.70. The predicted molar refractivity (Wildman–Crippen MR) is 87.3 cm³/mol. The molecular formula is C14H13ClINO3. The molecule has 2 rings (SSSR count). The number of hydrogen-bond acceptors (Lipinski definition) is 3. The molecule has 106 valence electrons. The molecule has 4 nitrogen and oxygen atoms in total. The van der Waals surface area contributed by atoms with E-state index in [4.69, 9.17) is 16.3 Å². The number of fused-ring (bicyclic) bond motifs is 1. The first kappa shape index (κ1) is 15.3. The summed E-state index contributed by atoms with van der Waals surface area (Å²) in [5.74, 6) is -0.355. The van der Waals surface area contributed by atoms with Crippen LogP contribution in [0.15, 0.2) is 29.2 Å². The van der Waals surface area contributed by atoms with Gasteiger partial charge in [0.05, 0.1) is 11.1 Å². The lowest BCUT2D eigenvalue weighted by Crippen LogP contribution is -2.26. The first-order valence-electron chi connectivity index (χ1n) is 6.04. The average molecular weight is 406 g/mol. The van der Waals surface area contributed by atoms with Crippen molar-refractivity contribution < 1.29 is 9.53 Å². The minimum Gasteiger partial charge on any atom is -0.464 e. The molecule has 6 heteroatoms. The highest BCUT2D eigenvalue weighted by Crippen LogP contribution is 2.26. The van der Waals surface area contributed by atoms with Gasteiger partial charge in [-0.15, -0.1) is 0 Å². The molecule has 1 heterocycles. The van der Waals surface area contributed by atoms with Gasteiger partial charge in [0.1, 0.15) is 6.61 Å². The van der Waals surface area contributed by atoms with Gasteiger partial charge in [-0.05, 0) is 47.7 Å². The fraction of sp³-hybridized carbons (Fsp3) is 0.286. The lowest BCUT2D eigenvalue weighted by molar-refractivity contribution is -0.141. The molecule has 0 saturated carbocycles. The Bertz CT molecular complexity index is 726. The molecular weight excluding hydrogens is 393 g/mol. The Hall–Kier alpha value is -1.08. The molecule has 1 atom stereocenters. The Balaban J connectivity index is 2.47. The van der Waals surface area contributed by atoms with Gasteiger partial charge < -0.3 is 9.30 Å². The number of halogens is 2. The van der Waals surface area contributed by atoms with E-state index >= 15 is 0 Å². The third-order valence-corrected chi connectivity index (χ3v) is 4.80. The average Bonchev–Trinajstić information content (AvgIpc) is 2.41. The number of carbonyl (C=O) groups is 1. The number of esters is 1. The molecule has 1 aromatic carbocycles. The lowest BCUT2D eigenvalue weighted by Gasteiger charge is -2.16. The van der Waals surface area contributed by atoms with Crippen LogP contribution in [-0.4, -0.2) is 17.1 Å². The molecule has 20 heavy (non-hydrogen) atoms. The van der Waals surface area contributed by atoms with Crippen molar-refractivity contribution in [1.29, 1.82) is 0 Å². The van der Waals surface area contributed by atoms with Crippen molar-refractivity contribution in [3.63, 3.8) is 0 Å². The number of aromatic nitrogens is 1. The Morgan fingerprint density at radius 3 is 2.75 bits per heavy atom. The number of carbonyl (C=O) groups excluding carboxylic acids is 1. The van der Waals surface area contributed by atoms with Gasteiger partial charge in [-0.1, -0.05) is 11.6 Å². The number of pyridine rings is 1. The SMILES string of the molecule is CC(=O)OC[C@@H](C)n1ccc2c(I)c(Cl)ccc2c1=O. The maximum absolute atomic E-state index is 12.5. The lowest BCUT2D eigenvalue weighted by atomic mass is 10.1. The van der Waals surface area contributed by atoms with Crippen molar-refractivity contribution >= 4 is 50.9 Å². The van der Waals surface area contributed by atoms with Gasteiger partial charge in [-0.2, -0.15) is 0 Å². The van der Waals surface area contributed by atoms with E-state index in [2.05, 4.69) is 22.6 Å². The van der Waals surface area contributed by atoms with Crippen molar-refractivity contribution in [2.75, 3.05) is 6.61 Å². The Morgan fingerprint density at radius 1 is 1.40 bits per heavy atom. The van der Waals surface area contributed by atoms with Crippen molar-refractivity contribution in [3.05, 3.63) is 43.3 Å². The summed E-state index contributed by atoms with van der Waals surface area (Å²) in [6.07, 6.45) is 1.71. The van der Waals surface area contributed by atoms with Crippen LogP contribution in [0, 0.1) is 3.57 Å². The number of hydrogen-bond donors (Lipinski definition) is 0. The van der Waals surface area contributed by atoms with Crippen LogP contribution >= 0.6 is 34.2 Å². The van der Waals surface area contributed by atoms with Crippen molar-refractivity contribution in [2.24, 2.45) is 0 Å². The van der Waals surface area contributed by atoms with Crippen LogP contribution in [0.3, 0.4) is 0 Å². The molecule has 2 aromatic rings. The van der Waals surface area contributed by atoms with E-state index < -0.39 is 0 Å². The molecule has 0 radical (unpaired) electrons. The van der Waals surface area contributed by atoms with Crippen molar-refractivity contribution in [3.8, 4) is 0 Å². The molecule has 0 fully saturated rings. The van der Waals surface area contributed by atoms with E-state index in [1.165, 1.54) is 6.92 Å². The van der Waals surface area contributed by atoms with E-state index in [-0.39, 0.29) is 24.2 Å². The highest BCUT2D eigenvalue weighted by molar-refractivity contribution is 14.1. The van der Waals surface area contributed by atoms with Crippen LogP contribution < -0.4 is 5.56 Å². The number of rotatable bonds is 3. The fourth-order valence-corrected chi connectivity index (χ4v) is 2.76. The van der Waals surface area contributed by atoms with Gasteiger partial charge in [-0.3, -0.25) is 9.59 Å². The van der Waals surface area contributed by atoms with Crippen LogP contribution in [0.1, 0.15) is 19.9 Å². The predicted octanol–water partition coefficient (Wildman–Crippen LogP) is 3.38. The molecule has 0 N–H and O–H groups in total. The molecule has 1 aromatic heterocycles. The number of nitrogens with zero attached hydrogens (tertiary/aromatic N) is 1. The van der Waals surface area contributed by atoms with E-state index in [0.29, 0.717) is 10.4 Å². The summed E-state index contributed by atoms with van der Waals surface area (Å²) in [5.41, 5.74) is -0.114. The third kappa shape index (κ3) is 2.98. The molecule has 0 aliphatic rings. The molecule has 0 spiro atoms. The van der Waals surface area contributed by atoms with E-state index in [9.17, 15) is 9.59 Å². The second kappa shape index (κ2) is 6.13. The number of ether oxygens (including phenoxy) is 1. The van der Waals surface area contributed by atoms with E-state index in [0.717, 1.165) is 8.96 Å². The first-order valence-corrected chi connectivity index (χ1v) is 7.49. The minimum absolute atomic E-state index is 0.114. The van der Waals surface area contributed by atoms with Gasteiger partial charge >= 0.3 is 5.97 Å². The second-order valence-corrected chi connectivity index (χ2v) is 5.99. The zero-order valence-corrected chi connectivity index (χ0v) is 13.9. The van der Waals surface area contributed by atoms with Gasteiger partial charge in [0.15, 0.2) is 0 Å². The normalized spacial score (nSPS) is 12.4. The summed E-state index contributed by atoms with van der Waals surface area (Å²) >= 11 is 8.18. The Morgan fingerprint density at radius 2 is 2.10 bits per heavy atom. The van der Waals surface area contributed by atoms with Gasteiger partial charge in [-0.25, -0.2) is 0 Å². The van der Waals surface area contributed by atoms with Crippen LogP contribution in [0.5, 0.6) is 0 Å².